The molecule has 0 aromatic heterocycles. The van der Waals surface area contributed by atoms with E-state index >= 15 is 0 Å². The zero-order valence-electron chi connectivity index (χ0n) is 6.34. The number of hydrogen-bond acceptors (Lipinski definition) is 2. The number of benzene rings is 1. The molecule has 0 aliphatic rings. The Bertz CT molecular complexity index is 258. The molecule has 1 aromatic rings. The largest absolute Gasteiger partial charge is 0.398 e. The molecule has 11 heavy (non-hydrogen) atoms. The van der Waals surface area contributed by atoms with E-state index in [1.807, 2.05) is 25.1 Å². The molecular formula is C8H11BrN2. The molecule has 0 saturated carbocycles. The standard InChI is InChI=1S/C8H11BrN2/c1-5(10)6-2-3-7(9)8(11)4-6/h2-5H,10-11H2,1H3. The number of halogens is 1. The van der Waals surface area contributed by atoms with Gasteiger partial charge in [-0.25, -0.2) is 0 Å². The highest BCUT2D eigenvalue weighted by atomic mass is 79.9. The highest BCUT2D eigenvalue weighted by Gasteiger charge is 2.00. The van der Waals surface area contributed by atoms with Crippen LogP contribution in [0, 0.1) is 0 Å². The van der Waals surface area contributed by atoms with Gasteiger partial charge in [0.2, 0.25) is 0 Å². The Balaban J connectivity index is 3.05. The summed E-state index contributed by atoms with van der Waals surface area (Å²) in [5, 5.41) is 0. The quantitative estimate of drug-likeness (QED) is 0.704. The van der Waals surface area contributed by atoms with Crippen molar-refractivity contribution >= 4 is 21.6 Å². The number of anilines is 1. The number of rotatable bonds is 1. The van der Waals surface area contributed by atoms with Crippen LogP contribution in [0.3, 0.4) is 0 Å². The molecule has 0 aliphatic carbocycles. The van der Waals surface area contributed by atoms with Gasteiger partial charge in [-0.05, 0) is 40.5 Å². The Morgan fingerprint density at radius 1 is 1.45 bits per heavy atom. The first kappa shape index (κ1) is 8.56. The van der Waals surface area contributed by atoms with Gasteiger partial charge in [0, 0.05) is 16.2 Å². The molecular weight excluding hydrogens is 204 g/mol. The number of nitrogens with two attached hydrogens (primary N) is 2. The summed E-state index contributed by atoms with van der Waals surface area (Å²) in [5.74, 6) is 0. The molecule has 0 fully saturated rings. The fourth-order valence-corrected chi connectivity index (χ4v) is 1.09. The maximum atomic E-state index is 5.66. The SMILES string of the molecule is CC(N)c1ccc(Br)c(N)c1. The molecule has 0 radical (unpaired) electrons. The van der Waals surface area contributed by atoms with Gasteiger partial charge in [0.1, 0.15) is 0 Å². The Morgan fingerprint density at radius 2 is 2.09 bits per heavy atom. The van der Waals surface area contributed by atoms with Crippen LogP contribution in [0.15, 0.2) is 22.7 Å². The van der Waals surface area contributed by atoms with E-state index in [9.17, 15) is 0 Å². The molecule has 0 heterocycles. The van der Waals surface area contributed by atoms with Gasteiger partial charge in [0.15, 0.2) is 0 Å². The van der Waals surface area contributed by atoms with Crippen LogP contribution >= 0.6 is 15.9 Å². The Hall–Kier alpha value is -0.540. The van der Waals surface area contributed by atoms with Gasteiger partial charge in [0.25, 0.3) is 0 Å². The van der Waals surface area contributed by atoms with E-state index < -0.39 is 0 Å². The van der Waals surface area contributed by atoms with Crippen molar-refractivity contribution in [2.75, 3.05) is 5.73 Å². The molecule has 0 spiro atoms. The minimum Gasteiger partial charge on any atom is -0.398 e. The van der Waals surface area contributed by atoms with E-state index in [-0.39, 0.29) is 6.04 Å². The molecule has 0 bridgehead atoms. The molecule has 0 amide bonds. The second kappa shape index (κ2) is 3.24. The molecule has 1 aromatic carbocycles. The van der Waals surface area contributed by atoms with Crippen molar-refractivity contribution < 1.29 is 0 Å². The molecule has 2 nitrogen and oxygen atoms in total. The lowest BCUT2D eigenvalue weighted by Crippen LogP contribution is -2.05. The van der Waals surface area contributed by atoms with E-state index in [0.717, 1.165) is 15.7 Å². The van der Waals surface area contributed by atoms with Crippen molar-refractivity contribution in [2.24, 2.45) is 5.73 Å². The lowest BCUT2D eigenvalue weighted by molar-refractivity contribution is 0.818. The van der Waals surface area contributed by atoms with E-state index in [1.54, 1.807) is 0 Å². The van der Waals surface area contributed by atoms with E-state index in [2.05, 4.69) is 15.9 Å². The lowest BCUT2D eigenvalue weighted by Gasteiger charge is -2.06. The number of hydrogen-bond donors (Lipinski definition) is 2. The van der Waals surface area contributed by atoms with E-state index in [0.29, 0.717) is 0 Å². The summed E-state index contributed by atoms with van der Waals surface area (Å²) < 4.78 is 0.918. The van der Waals surface area contributed by atoms with Crippen LogP contribution in [0.1, 0.15) is 18.5 Å². The van der Waals surface area contributed by atoms with E-state index in [4.69, 9.17) is 11.5 Å². The van der Waals surface area contributed by atoms with Crippen LogP contribution in [0.4, 0.5) is 5.69 Å². The first-order valence-corrected chi connectivity index (χ1v) is 4.21. The summed E-state index contributed by atoms with van der Waals surface area (Å²) in [7, 11) is 0. The Morgan fingerprint density at radius 3 is 2.55 bits per heavy atom. The maximum absolute atomic E-state index is 5.66. The summed E-state index contributed by atoms with van der Waals surface area (Å²) in [6.07, 6.45) is 0. The highest BCUT2D eigenvalue weighted by molar-refractivity contribution is 9.10. The topological polar surface area (TPSA) is 52.0 Å². The van der Waals surface area contributed by atoms with E-state index in [1.165, 1.54) is 0 Å². The molecule has 1 rings (SSSR count). The van der Waals surface area contributed by atoms with Gasteiger partial charge in [0.05, 0.1) is 0 Å². The van der Waals surface area contributed by atoms with Crippen LogP contribution in [0.2, 0.25) is 0 Å². The zero-order valence-corrected chi connectivity index (χ0v) is 7.93. The average Bonchev–Trinajstić information content (AvgIpc) is 1.94. The third-order valence-corrected chi connectivity index (χ3v) is 2.27. The number of nitrogen functional groups attached to an aromatic ring is 1. The first-order valence-electron chi connectivity index (χ1n) is 3.42. The van der Waals surface area contributed by atoms with Crippen molar-refractivity contribution in [3.63, 3.8) is 0 Å². The van der Waals surface area contributed by atoms with Gasteiger partial charge in [-0.15, -0.1) is 0 Å². The van der Waals surface area contributed by atoms with Crippen LogP contribution < -0.4 is 11.5 Å². The lowest BCUT2D eigenvalue weighted by atomic mass is 10.1. The summed E-state index contributed by atoms with van der Waals surface area (Å²) >= 11 is 3.31. The van der Waals surface area contributed by atoms with Gasteiger partial charge in [-0.2, -0.15) is 0 Å². The van der Waals surface area contributed by atoms with Crippen molar-refractivity contribution in [3.8, 4) is 0 Å². The van der Waals surface area contributed by atoms with Crippen LogP contribution in [-0.2, 0) is 0 Å². The zero-order chi connectivity index (χ0) is 8.43. The fraction of sp³-hybridized carbons (Fsp3) is 0.250. The Labute approximate surface area is 74.7 Å². The average molecular weight is 215 g/mol. The van der Waals surface area contributed by atoms with Crippen molar-refractivity contribution in [2.45, 2.75) is 13.0 Å². The van der Waals surface area contributed by atoms with Crippen LogP contribution in [0.25, 0.3) is 0 Å². The van der Waals surface area contributed by atoms with Crippen LogP contribution in [-0.4, -0.2) is 0 Å². The molecule has 4 N–H and O–H groups in total. The third-order valence-electron chi connectivity index (χ3n) is 1.55. The van der Waals surface area contributed by atoms with Gasteiger partial charge in [-0.3, -0.25) is 0 Å². The normalized spacial score (nSPS) is 13.0. The second-order valence-corrected chi connectivity index (χ2v) is 3.42. The van der Waals surface area contributed by atoms with Crippen LogP contribution in [0.5, 0.6) is 0 Å². The molecule has 0 saturated heterocycles. The fourth-order valence-electron chi connectivity index (χ4n) is 0.845. The minimum atomic E-state index is 0.0467. The summed E-state index contributed by atoms with van der Waals surface area (Å²) in [4.78, 5) is 0. The third kappa shape index (κ3) is 1.94. The van der Waals surface area contributed by atoms with Gasteiger partial charge in [-0.1, -0.05) is 6.07 Å². The molecule has 1 atom stereocenters. The predicted molar refractivity (Wildman–Crippen MR) is 51.2 cm³/mol. The van der Waals surface area contributed by atoms with Crippen molar-refractivity contribution in [1.29, 1.82) is 0 Å². The predicted octanol–water partition coefficient (Wildman–Crippen LogP) is 2.05. The summed E-state index contributed by atoms with van der Waals surface area (Å²) in [6, 6.07) is 5.80. The smallest absolute Gasteiger partial charge is 0.0461 e. The second-order valence-electron chi connectivity index (χ2n) is 2.57. The van der Waals surface area contributed by atoms with Gasteiger partial charge < -0.3 is 11.5 Å². The summed E-state index contributed by atoms with van der Waals surface area (Å²) in [5.41, 5.74) is 13.1. The summed E-state index contributed by atoms with van der Waals surface area (Å²) in [6.45, 7) is 1.93. The first-order chi connectivity index (χ1) is 5.11. The Kier molecular flexibility index (Phi) is 2.52. The monoisotopic (exact) mass is 214 g/mol. The minimum absolute atomic E-state index is 0.0467. The van der Waals surface area contributed by atoms with Crippen molar-refractivity contribution in [3.05, 3.63) is 28.2 Å². The highest BCUT2D eigenvalue weighted by Crippen LogP contribution is 2.22. The molecule has 60 valence electrons. The van der Waals surface area contributed by atoms with Gasteiger partial charge >= 0.3 is 0 Å². The molecule has 1 unspecified atom stereocenters. The maximum Gasteiger partial charge on any atom is 0.0461 e. The molecule has 3 heteroatoms. The van der Waals surface area contributed by atoms with Crippen molar-refractivity contribution in [1.82, 2.24) is 0 Å². The molecule has 0 aliphatic heterocycles.